The van der Waals surface area contributed by atoms with Crippen LogP contribution in [0, 0.1) is 10.8 Å². The summed E-state index contributed by atoms with van der Waals surface area (Å²) in [5, 5.41) is 0. The van der Waals surface area contributed by atoms with Crippen LogP contribution < -0.4 is 5.73 Å². The van der Waals surface area contributed by atoms with E-state index in [1.807, 2.05) is 11.8 Å². The predicted molar refractivity (Wildman–Crippen MR) is 84.9 cm³/mol. The molecule has 122 valence electrons. The highest BCUT2D eigenvalue weighted by Crippen LogP contribution is 2.51. The molecule has 2 fully saturated rings. The van der Waals surface area contributed by atoms with E-state index in [4.69, 9.17) is 10.5 Å². The highest BCUT2D eigenvalue weighted by molar-refractivity contribution is 5.89. The summed E-state index contributed by atoms with van der Waals surface area (Å²) in [5.41, 5.74) is 5.85. The van der Waals surface area contributed by atoms with Crippen molar-refractivity contribution in [2.45, 2.75) is 71.9 Å². The van der Waals surface area contributed by atoms with Gasteiger partial charge in [0.25, 0.3) is 0 Å². The first-order chi connectivity index (χ1) is 9.70. The summed E-state index contributed by atoms with van der Waals surface area (Å²) in [6.45, 7) is 13.1. The zero-order chi connectivity index (χ0) is 15.9. The average molecular weight is 296 g/mol. The van der Waals surface area contributed by atoms with Crippen molar-refractivity contribution in [2.75, 3.05) is 19.7 Å². The minimum absolute atomic E-state index is 0.0992. The van der Waals surface area contributed by atoms with Crippen LogP contribution >= 0.6 is 0 Å². The molecular weight excluding hydrogens is 264 g/mol. The topological polar surface area (TPSA) is 55.6 Å². The van der Waals surface area contributed by atoms with Crippen LogP contribution in [0.3, 0.4) is 0 Å². The molecular formula is C17H32N2O2. The summed E-state index contributed by atoms with van der Waals surface area (Å²) in [6, 6.07) is 0. The van der Waals surface area contributed by atoms with E-state index in [2.05, 4.69) is 27.7 Å². The van der Waals surface area contributed by atoms with Crippen LogP contribution in [-0.2, 0) is 9.53 Å². The van der Waals surface area contributed by atoms with Crippen LogP contribution in [0.25, 0.3) is 0 Å². The fraction of sp³-hybridized carbons (Fsp3) is 0.941. The Labute approximate surface area is 129 Å². The normalized spacial score (nSPS) is 34.4. The number of piperidine rings is 1. The molecule has 1 heterocycles. The lowest BCUT2D eigenvalue weighted by Crippen LogP contribution is -2.76. The number of hydrogen-bond donors (Lipinski definition) is 1. The van der Waals surface area contributed by atoms with Gasteiger partial charge in [0, 0.05) is 31.5 Å². The second-order valence-electron chi connectivity index (χ2n) is 7.80. The maximum absolute atomic E-state index is 12.9. The number of likely N-dealkylation sites (tertiary alicyclic amines) is 1. The molecule has 2 rings (SSSR count). The van der Waals surface area contributed by atoms with Crippen LogP contribution in [0.5, 0.6) is 0 Å². The molecule has 0 bridgehead atoms. The number of nitrogens with two attached hydrogens (primary N) is 1. The van der Waals surface area contributed by atoms with Gasteiger partial charge in [-0.1, -0.05) is 34.1 Å². The Balaban J connectivity index is 2.02. The van der Waals surface area contributed by atoms with E-state index in [1.54, 1.807) is 0 Å². The first-order valence-electron chi connectivity index (χ1n) is 8.40. The summed E-state index contributed by atoms with van der Waals surface area (Å²) in [6.07, 6.45) is 4.10. The Bertz CT molecular complexity index is 400. The molecule has 2 unspecified atom stereocenters. The number of amides is 1. The molecule has 1 saturated heterocycles. The Morgan fingerprint density at radius 1 is 1.24 bits per heavy atom. The molecule has 2 aliphatic rings. The second kappa shape index (κ2) is 5.54. The Hall–Kier alpha value is -0.610. The highest BCUT2D eigenvalue weighted by atomic mass is 16.5. The van der Waals surface area contributed by atoms with Crippen LogP contribution in [0.1, 0.15) is 60.3 Å². The van der Waals surface area contributed by atoms with Gasteiger partial charge in [-0.25, -0.2) is 0 Å². The van der Waals surface area contributed by atoms with Gasteiger partial charge in [-0.15, -0.1) is 0 Å². The monoisotopic (exact) mass is 296 g/mol. The third-order valence-corrected chi connectivity index (χ3v) is 6.32. The minimum atomic E-state index is -0.757. The van der Waals surface area contributed by atoms with E-state index >= 15 is 0 Å². The molecule has 0 radical (unpaired) electrons. The standard InChI is InChI=1S/C17H32N2O2/c1-6-16(5)8-10-19(11-9-16)14(20)17(18)12-13(21-7-2)15(17,3)4/h13H,6-12,18H2,1-5H3. The Morgan fingerprint density at radius 2 is 1.81 bits per heavy atom. The van der Waals surface area contributed by atoms with Crippen LogP contribution in [0.15, 0.2) is 0 Å². The fourth-order valence-electron chi connectivity index (χ4n) is 3.68. The lowest BCUT2D eigenvalue weighted by Gasteiger charge is -2.59. The molecule has 1 saturated carbocycles. The molecule has 2 atom stereocenters. The maximum Gasteiger partial charge on any atom is 0.243 e. The molecule has 4 nitrogen and oxygen atoms in total. The molecule has 1 aliphatic heterocycles. The zero-order valence-electron chi connectivity index (χ0n) is 14.4. The Kier molecular flexibility index (Phi) is 4.42. The molecule has 0 aromatic heterocycles. The van der Waals surface area contributed by atoms with Gasteiger partial charge in [0.15, 0.2) is 0 Å². The van der Waals surface area contributed by atoms with Crippen LogP contribution in [-0.4, -0.2) is 42.1 Å². The van der Waals surface area contributed by atoms with E-state index in [0.29, 0.717) is 18.4 Å². The molecule has 0 aromatic rings. The predicted octanol–water partition coefficient (Wildman–Crippen LogP) is 2.56. The fourth-order valence-corrected chi connectivity index (χ4v) is 3.68. The van der Waals surface area contributed by atoms with E-state index in [1.165, 1.54) is 6.42 Å². The third kappa shape index (κ3) is 2.61. The van der Waals surface area contributed by atoms with Crippen molar-refractivity contribution < 1.29 is 9.53 Å². The number of carbonyl (C=O) groups is 1. The molecule has 4 heteroatoms. The van der Waals surface area contributed by atoms with Crippen molar-refractivity contribution >= 4 is 5.91 Å². The van der Waals surface area contributed by atoms with Crippen molar-refractivity contribution in [3.05, 3.63) is 0 Å². The van der Waals surface area contributed by atoms with Crippen molar-refractivity contribution in [1.82, 2.24) is 4.90 Å². The van der Waals surface area contributed by atoms with E-state index < -0.39 is 5.54 Å². The smallest absolute Gasteiger partial charge is 0.243 e. The summed E-state index contributed by atoms with van der Waals surface area (Å²) in [4.78, 5) is 14.9. The first kappa shape index (κ1) is 16.8. The zero-order valence-corrected chi connectivity index (χ0v) is 14.4. The molecule has 1 aliphatic carbocycles. The van der Waals surface area contributed by atoms with Gasteiger partial charge in [-0.05, 0) is 25.2 Å². The summed E-state index contributed by atoms with van der Waals surface area (Å²) >= 11 is 0. The van der Waals surface area contributed by atoms with E-state index in [9.17, 15) is 4.79 Å². The number of carbonyl (C=O) groups excluding carboxylic acids is 1. The van der Waals surface area contributed by atoms with Crippen molar-refractivity contribution in [2.24, 2.45) is 16.6 Å². The van der Waals surface area contributed by atoms with Gasteiger partial charge in [-0.3, -0.25) is 4.79 Å². The lowest BCUT2D eigenvalue weighted by atomic mass is 9.54. The molecule has 1 amide bonds. The van der Waals surface area contributed by atoms with Crippen molar-refractivity contribution in [3.63, 3.8) is 0 Å². The number of hydrogen-bond acceptors (Lipinski definition) is 3. The van der Waals surface area contributed by atoms with Crippen LogP contribution in [0.2, 0.25) is 0 Å². The number of nitrogens with zero attached hydrogens (tertiary/aromatic N) is 1. The van der Waals surface area contributed by atoms with E-state index in [0.717, 1.165) is 25.9 Å². The number of ether oxygens (including phenoxy) is 1. The summed E-state index contributed by atoms with van der Waals surface area (Å²) in [5.74, 6) is 0.126. The molecule has 0 spiro atoms. The Morgan fingerprint density at radius 3 is 2.24 bits per heavy atom. The van der Waals surface area contributed by atoms with Crippen molar-refractivity contribution in [3.8, 4) is 0 Å². The van der Waals surface area contributed by atoms with E-state index in [-0.39, 0.29) is 17.4 Å². The van der Waals surface area contributed by atoms with Gasteiger partial charge in [-0.2, -0.15) is 0 Å². The SMILES string of the molecule is CCOC1CC(N)(C(=O)N2CCC(C)(CC)CC2)C1(C)C. The summed E-state index contributed by atoms with van der Waals surface area (Å²) < 4.78 is 5.73. The van der Waals surface area contributed by atoms with Gasteiger partial charge >= 0.3 is 0 Å². The quantitative estimate of drug-likeness (QED) is 0.867. The van der Waals surface area contributed by atoms with Crippen LogP contribution in [0.4, 0.5) is 0 Å². The van der Waals surface area contributed by atoms with Gasteiger partial charge in [0.2, 0.25) is 5.91 Å². The second-order valence-corrected chi connectivity index (χ2v) is 7.80. The first-order valence-corrected chi connectivity index (χ1v) is 8.40. The molecule has 21 heavy (non-hydrogen) atoms. The van der Waals surface area contributed by atoms with Crippen molar-refractivity contribution in [1.29, 1.82) is 0 Å². The third-order valence-electron chi connectivity index (χ3n) is 6.32. The highest BCUT2D eigenvalue weighted by Gasteiger charge is 2.63. The van der Waals surface area contributed by atoms with Gasteiger partial charge in [0.1, 0.15) is 5.54 Å². The van der Waals surface area contributed by atoms with Gasteiger partial charge < -0.3 is 15.4 Å². The lowest BCUT2D eigenvalue weighted by molar-refractivity contribution is -0.180. The average Bonchev–Trinajstić information content (AvgIpc) is 2.47. The number of rotatable bonds is 4. The summed E-state index contributed by atoms with van der Waals surface area (Å²) in [7, 11) is 0. The van der Waals surface area contributed by atoms with Gasteiger partial charge in [0.05, 0.1) is 6.10 Å². The molecule has 0 aromatic carbocycles. The maximum atomic E-state index is 12.9. The minimum Gasteiger partial charge on any atom is -0.378 e. The largest absolute Gasteiger partial charge is 0.378 e. The molecule has 2 N–H and O–H groups in total.